The summed E-state index contributed by atoms with van der Waals surface area (Å²) in [6.07, 6.45) is 0. The average molecular weight is 252 g/mol. The lowest BCUT2D eigenvalue weighted by Crippen LogP contribution is -2.47. The van der Waals surface area contributed by atoms with Gasteiger partial charge in [-0.1, -0.05) is 15.9 Å². The zero-order valence-corrected chi connectivity index (χ0v) is 9.47. The highest BCUT2D eigenvalue weighted by Crippen LogP contribution is 2.46. The Balaban J connectivity index is 3.44. The Morgan fingerprint density at radius 3 is 2.38 bits per heavy atom. The molecule has 1 N–H and O–H groups in total. The van der Waals surface area contributed by atoms with Crippen LogP contribution in [0.25, 0.3) is 0 Å². The van der Waals surface area contributed by atoms with Gasteiger partial charge in [0.2, 0.25) is 0 Å². The van der Waals surface area contributed by atoms with Gasteiger partial charge < -0.3 is 5.11 Å². The molecule has 0 bridgehead atoms. The standard InChI is InChI=1S/C9H15BrNO2/c1-8(2)6(5-12)7(10)9(3,4)11(8)13/h12H,5H2,1-4H3/i1D3. The van der Waals surface area contributed by atoms with Gasteiger partial charge >= 0.3 is 0 Å². The third kappa shape index (κ3) is 1.36. The first-order valence-corrected chi connectivity index (χ1v) is 4.78. The lowest BCUT2D eigenvalue weighted by atomic mass is 9.97. The number of rotatable bonds is 1. The van der Waals surface area contributed by atoms with E-state index in [4.69, 9.17) is 4.11 Å². The predicted octanol–water partition coefficient (Wildman–Crippen LogP) is 1.85. The van der Waals surface area contributed by atoms with Crippen LogP contribution in [0.5, 0.6) is 0 Å². The van der Waals surface area contributed by atoms with Crippen molar-refractivity contribution < 1.29 is 14.4 Å². The number of aliphatic hydroxyl groups is 1. The van der Waals surface area contributed by atoms with Gasteiger partial charge in [0.25, 0.3) is 0 Å². The van der Waals surface area contributed by atoms with Crippen LogP contribution in [0, 0.1) is 0 Å². The fraction of sp³-hybridized carbons (Fsp3) is 0.778. The van der Waals surface area contributed by atoms with Crippen molar-refractivity contribution in [1.82, 2.24) is 5.06 Å². The number of hydrogen-bond acceptors (Lipinski definition) is 2. The summed E-state index contributed by atoms with van der Waals surface area (Å²) in [4.78, 5) is 0. The summed E-state index contributed by atoms with van der Waals surface area (Å²) in [6, 6.07) is 0. The van der Waals surface area contributed by atoms with E-state index in [0.717, 1.165) is 0 Å². The molecule has 0 saturated carbocycles. The van der Waals surface area contributed by atoms with Gasteiger partial charge in [-0.05, 0) is 33.2 Å². The summed E-state index contributed by atoms with van der Waals surface area (Å²) in [5.41, 5.74) is -2.42. The molecule has 3 nitrogen and oxygen atoms in total. The molecule has 13 heavy (non-hydrogen) atoms. The van der Waals surface area contributed by atoms with E-state index in [1.54, 1.807) is 13.8 Å². The number of aliphatic hydroxyl groups excluding tert-OH is 1. The molecule has 0 aromatic carbocycles. The second-order valence-electron chi connectivity index (χ2n) is 3.88. The Kier molecular flexibility index (Phi) is 1.74. The second kappa shape index (κ2) is 3.05. The van der Waals surface area contributed by atoms with Crippen molar-refractivity contribution in [2.75, 3.05) is 6.61 Å². The Labute approximate surface area is 91.3 Å². The van der Waals surface area contributed by atoms with Crippen LogP contribution in [-0.2, 0) is 5.21 Å². The highest BCUT2D eigenvalue weighted by Gasteiger charge is 2.50. The quantitative estimate of drug-likeness (QED) is 0.773. The minimum Gasteiger partial charge on any atom is -0.392 e. The van der Waals surface area contributed by atoms with Crippen molar-refractivity contribution in [3.63, 3.8) is 0 Å². The number of halogens is 1. The summed E-state index contributed by atoms with van der Waals surface area (Å²) in [7, 11) is 0. The molecule has 1 radical (unpaired) electrons. The van der Waals surface area contributed by atoms with E-state index in [1.807, 2.05) is 0 Å². The summed E-state index contributed by atoms with van der Waals surface area (Å²) in [5.74, 6) is 0. The normalized spacial score (nSPS) is 38.8. The van der Waals surface area contributed by atoms with Crippen LogP contribution in [0.3, 0.4) is 0 Å². The zero-order valence-electron chi connectivity index (χ0n) is 10.9. The van der Waals surface area contributed by atoms with Gasteiger partial charge in [-0.25, -0.2) is 0 Å². The summed E-state index contributed by atoms with van der Waals surface area (Å²) < 4.78 is 22.9. The minimum atomic E-state index is -2.49. The molecule has 0 fully saturated rings. The number of hydroxylamine groups is 2. The van der Waals surface area contributed by atoms with Crippen molar-refractivity contribution in [3.05, 3.63) is 10.1 Å². The van der Waals surface area contributed by atoms with Crippen LogP contribution in [0.4, 0.5) is 0 Å². The van der Waals surface area contributed by atoms with Crippen LogP contribution in [0.15, 0.2) is 10.1 Å². The highest BCUT2D eigenvalue weighted by atomic mass is 79.9. The third-order valence-electron chi connectivity index (χ3n) is 2.46. The van der Waals surface area contributed by atoms with Gasteiger partial charge in [0, 0.05) is 8.59 Å². The molecule has 0 amide bonds. The SMILES string of the molecule is [2H]C([2H])([2H])C1(C)C(CO)=C(Br)C(C)(C)N1[O]. The number of hydrogen-bond donors (Lipinski definition) is 1. The first-order chi connectivity index (χ1) is 7.01. The molecule has 75 valence electrons. The maximum absolute atomic E-state index is 12.1. The van der Waals surface area contributed by atoms with E-state index in [-0.39, 0.29) is 5.57 Å². The summed E-state index contributed by atoms with van der Waals surface area (Å²) >= 11 is 3.22. The molecule has 1 heterocycles. The van der Waals surface area contributed by atoms with Crippen molar-refractivity contribution in [2.24, 2.45) is 0 Å². The van der Waals surface area contributed by atoms with Crippen molar-refractivity contribution in [2.45, 2.75) is 38.7 Å². The van der Waals surface area contributed by atoms with Gasteiger partial charge in [0.1, 0.15) is 0 Å². The Hall–Kier alpha value is 0.1000. The van der Waals surface area contributed by atoms with Crippen LogP contribution < -0.4 is 0 Å². The largest absolute Gasteiger partial charge is 0.392 e. The lowest BCUT2D eigenvalue weighted by molar-refractivity contribution is -0.239. The molecular formula is C9H15BrNO2. The minimum absolute atomic E-state index is 0.229. The second-order valence-corrected chi connectivity index (χ2v) is 4.67. The topological polar surface area (TPSA) is 43.4 Å². The van der Waals surface area contributed by atoms with Crippen molar-refractivity contribution >= 4 is 15.9 Å². The first kappa shape index (κ1) is 7.40. The highest BCUT2D eigenvalue weighted by molar-refractivity contribution is 9.11. The third-order valence-corrected chi connectivity index (χ3v) is 3.91. The molecule has 1 unspecified atom stereocenters. The van der Waals surface area contributed by atoms with E-state index in [2.05, 4.69) is 15.9 Å². The van der Waals surface area contributed by atoms with Crippen molar-refractivity contribution in [3.8, 4) is 0 Å². The van der Waals surface area contributed by atoms with E-state index in [1.165, 1.54) is 6.92 Å². The van der Waals surface area contributed by atoms with Crippen LogP contribution >= 0.6 is 15.9 Å². The molecule has 0 aliphatic carbocycles. The Bertz CT molecular complexity index is 340. The molecule has 1 rings (SSSR count). The fourth-order valence-electron chi connectivity index (χ4n) is 1.58. The Morgan fingerprint density at radius 1 is 1.54 bits per heavy atom. The van der Waals surface area contributed by atoms with E-state index >= 15 is 0 Å². The molecule has 0 aromatic rings. The van der Waals surface area contributed by atoms with Gasteiger partial charge in [0.05, 0.1) is 17.7 Å². The predicted molar refractivity (Wildman–Crippen MR) is 53.7 cm³/mol. The fourth-order valence-corrected chi connectivity index (χ4v) is 2.25. The molecule has 1 aliphatic heterocycles. The Morgan fingerprint density at radius 2 is 2.08 bits per heavy atom. The molecule has 1 atom stereocenters. The van der Waals surface area contributed by atoms with Crippen LogP contribution in [0.1, 0.15) is 31.7 Å². The van der Waals surface area contributed by atoms with Gasteiger partial charge in [-0.2, -0.15) is 0 Å². The monoisotopic (exact) mass is 251 g/mol. The van der Waals surface area contributed by atoms with Crippen LogP contribution in [-0.4, -0.2) is 27.9 Å². The lowest BCUT2D eigenvalue weighted by Gasteiger charge is -2.33. The maximum atomic E-state index is 12.1. The molecule has 0 aromatic heterocycles. The molecule has 0 spiro atoms. The van der Waals surface area contributed by atoms with Crippen molar-refractivity contribution in [1.29, 1.82) is 0 Å². The van der Waals surface area contributed by atoms with Gasteiger partial charge in [-0.15, -0.1) is 10.3 Å². The molecular weight excluding hydrogens is 234 g/mol. The maximum Gasteiger partial charge on any atom is 0.0761 e. The van der Waals surface area contributed by atoms with E-state index in [0.29, 0.717) is 9.55 Å². The summed E-state index contributed by atoms with van der Waals surface area (Å²) in [5, 5.41) is 22.0. The average Bonchev–Trinajstić information content (AvgIpc) is 2.26. The first-order valence-electron chi connectivity index (χ1n) is 5.49. The zero-order chi connectivity index (χ0) is 12.9. The molecule has 1 aliphatic rings. The smallest absolute Gasteiger partial charge is 0.0761 e. The van der Waals surface area contributed by atoms with E-state index < -0.39 is 24.5 Å². The molecule has 0 saturated heterocycles. The van der Waals surface area contributed by atoms with Gasteiger partial charge in [-0.3, -0.25) is 0 Å². The summed E-state index contributed by atoms with van der Waals surface area (Å²) in [6.45, 7) is 1.65. The van der Waals surface area contributed by atoms with E-state index in [9.17, 15) is 10.3 Å². The van der Waals surface area contributed by atoms with Crippen LogP contribution in [0.2, 0.25) is 0 Å². The molecule has 4 heteroatoms. The van der Waals surface area contributed by atoms with Gasteiger partial charge in [0.15, 0.2) is 0 Å². The number of nitrogens with zero attached hydrogens (tertiary/aromatic N) is 1.